The van der Waals surface area contributed by atoms with Gasteiger partial charge in [0.15, 0.2) is 0 Å². The molecule has 0 atom stereocenters. The number of thiazole rings is 1. The predicted octanol–water partition coefficient (Wildman–Crippen LogP) is 2.27. The molecule has 0 saturated heterocycles. The number of hydrogen-bond donors (Lipinski definition) is 1. The second-order valence-electron chi connectivity index (χ2n) is 2.69. The first-order chi connectivity index (χ1) is 6.40. The summed E-state index contributed by atoms with van der Waals surface area (Å²) in [6, 6.07) is 10.2. The molecule has 1 heterocycles. The molecule has 66 valence electrons. The highest BCUT2D eigenvalue weighted by molar-refractivity contribution is 7.15. The summed E-state index contributed by atoms with van der Waals surface area (Å²) < 4.78 is 0. The highest BCUT2D eigenvalue weighted by Crippen LogP contribution is 2.25. The first kappa shape index (κ1) is 8.41. The molecule has 2 nitrogen and oxygen atoms in total. The summed E-state index contributed by atoms with van der Waals surface area (Å²) in [7, 11) is 0. The molecular formula is C10H10N2S. The van der Waals surface area contributed by atoms with Crippen molar-refractivity contribution in [2.45, 2.75) is 6.54 Å². The second kappa shape index (κ2) is 3.68. The van der Waals surface area contributed by atoms with Crippen molar-refractivity contribution in [3.63, 3.8) is 0 Å². The quantitative estimate of drug-likeness (QED) is 0.789. The van der Waals surface area contributed by atoms with Gasteiger partial charge in [0.2, 0.25) is 0 Å². The van der Waals surface area contributed by atoms with Crippen LogP contribution >= 0.6 is 11.3 Å². The Morgan fingerprint density at radius 2 is 2.00 bits per heavy atom. The average Bonchev–Trinajstić information content (AvgIpc) is 2.67. The first-order valence-corrected chi connectivity index (χ1v) is 4.92. The maximum Gasteiger partial charge on any atom is 0.107 e. The minimum Gasteiger partial charge on any atom is -0.325 e. The molecule has 0 radical (unpaired) electrons. The molecule has 0 aliphatic heterocycles. The van der Waals surface area contributed by atoms with Gasteiger partial charge in [-0.15, -0.1) is 11.3 Å². The molecule has 1 aromatic carbocycles. The van der Waals surface area contributed by atoms with Gasteiger partial charge in [-0.25, -0.2) is 4.98 Å². The lowest BCUT2D eigenvalue weighted by atomic mass is 10.2. The Kier molecular flexibility index (Phi) is 2.38. The summed E-state index contributed by atoms with van der Waals surface area (Å²) in [5.41, 5.74) is 6.70. The fourth-order valence-corrected chi connectivity index (χ4v) is 1.94. The van der Waals surface area contributed by atoms with Gasteiger partial charge in [-0.3, -0.25) is 0 Å². The summed E-state index contributed by atoms with van der Waals surface area (Å²) in [5.74, 6) is 0. The Hall–Kier alpha value is -1.19. The van der Waals surface area contributed by atoms with Crippen LogP contribution in [0.4, 0.5) is 0 Å². The van der Waals surface area contributed by atoms with E-state index >= 15 is 0 Å². The topological polar surface area (TPSA) is 38.9 Å². The van der Waals surface area contributed by atoms with Gasteiger partial charge in [0.05, 0.1) is 4.88 Å². The molecule has 0 aliphatic rings. The van der Waals surface area contributed by atoms with Gasteiger partial charge >= 0.3 is 0 Å². The molecule has 1 aromatic heterocycles. The Balaban J connectivity index is 2.36. The van der Waals surface area contributed by atoms with Crippen LogP contribution in [0.25, 0.3) is 10.4 Å². The van der Waals surface area contributed by atoms with Crippen molar-refractivity contribution >= 4 is 11.3 Å². The van der Waals surface area contributed by atoms with Crippen LogP contribution in [0, 0.1) is 0 Å². The molecule has 0 aliphatic carbocycles. The van der Waals surface area contributed by atoms with Crippen molar-refractivity contribution < 1.29 is 0 Å². The Labute approximate surface area is 81.1 Å². The fourth-order valence-electron chi connectivity index (χ4n) is 1.14. The number of rotatable bonds is 2. The van der Waals surface area contributed by atoms with Crippen LogP contribution in [0.15, 0.2) is 36.5 Å². The summed E-state index contributed by atoms with van der Waals surface area (Å²) >= 11 is 1.65. The Bertz CT molecular complexity index is 381. The zero-order chi connectivity index (χ0) is 9.10. The summed E-state index contributed by atoms with van der Waals surface area (Å²) in [6.45, 7) is 0.525. The largest absolute Gasteiger partial charge is 0.325 e. The molecule has 2 aromatic rings. The third-order valence-corrected chi connectivity index (χ3v) is 2.86. The van der Waals surface area contributed by atoms with Crippen LogP contribution in [0.2, 0.25) is 0 Å². The van der Waals surface area contributed by atoms with Crippen LogP contribution in [0.5, 0.6) is 0 Å². The van der Waals surface area contributed by atoms with E-state index in [1.54, 1.807) is 11.3 Å². The van der Waals surface area contributed by atoms with Crippen LogP contribution in [-0.4, -0.2) is 4.98 Å². The molecule has 0 spiro atoms. The van der Waals surface area contributed by atoms with E-state index in [0.29, 0.717) is 6.54 Å². The van der Waals surface area contributed by atoms with Gasteiger partial charge in [0.25, 0.3) is 0 Å². The zero-order valence-corrected chi connectivity index (χ0v) is 7.92. The molecule has 0 amide bonds. The van der Waals surface area contributed by atoms with Gasteiger partial charge in [-0.2, -0.15) is 0 Å². The van der Waals surface area contributed by atoms with E-state index in [2.05, 4.69) is 17.1 Å². The van der Waals surface area contributed by atoms with Crippen LogP contribution in [-0.2, 0) is 6.54 Å². The van der Waals surface area contributed by atoms with Gasteiger partial charge in [0.1, 0.15) is 5.01 Å². The van der Waals surface area contributed by atoms with Crippen molar-refractivity contribution in [3.05, 3.63) is 41.5 Å². The molecule has 13 heavy (non-hydrogen) atoms. The molecular weight excluding hydrogens is 180 g/mol. The number of benzene rings is 1. The number of nitrogens with zero attached hydrogens (tertiary/aromatic N) is 1. The number of hydrogen-bond acceptors (Lipinski definition) is 3. The zero-order valence-electron chi connectivity index (χ0n) is 7.10. The maximum atomic E-state index is 5.49. The third kappa shape index (κ3) is 1.76. The van der Waals surface area contributed by atoms with Crippen LogP contribution < -0.4 is 5.73 Å². The van der Waals surface area contributed by atoms with E-state index in [9.17, 15) is 0 Å². The molecule has 0 unspecified atom stereocenters. The average molecular weight is 190 g/mol. The molecule has 2 N–H and O–H groups in total. The van der Waals surface area contributed by atoms with E-state index in [4.69, 9.17) is 5.73 Å². The van der Waals surface area contributed by atoms with E-state index in [0.717, 1.165) is 5.01 Å². The molecule has 0 fully saturated rings. The van der Waals surface area contributed by atoms with E-state index in [-0.39, 0.29) is 0 Å². The minimum atomic E-state index is 0.525. The number of nitrogens with two attached hydrogens (primary N) is 1. The summed E-state index contributed by atoms with van der Waals surface area (Å²) in [4.78, 5) is 5.39. The standard InChI is InChI=1S/C10H10N2S/c11-6-10-12-7-9(13-10)8-4-2-1-3-5-8/h1-5,7H,6,11H2. The summed E-state index contributed by atoms with van der Waals surface area (Å²) in [5, 5.41) is 0.985. The molecule has 0 saturated carbocycles. The predicted molar refractivity (Wildman–Crippen MR) is 55.4 cm³/mol. The van der Waals surface area contributed by atoms with Crippen molar-refractivity contribution in [2.75, 3.05) is 0 Å². The molecule has 3 heteroatoms. The van der Waals surface area contributed by atoms with E-state index in [1.165, 1.54) is 10.4 Å². The molecule has 2 rings (SSSR count). The van der Waals surface area contributed by atoms with Gasteiger partial charge in [0, 0.05) is 12.7 Å². The van der Waals surface area contributed by atoms with Gasteiger partial charge in [-0.1, -0.05) is 30.3 Å². The molecule has 0 bridgehead atoms. The third-order valence-electron chi connectivity index (χ3n) is 1.79. The fraction of sp³-hybridized carbons (Fsp3) is 0.100. The van der Waals surface area contributed by atoms with Gasteiger partial charge in [-0.05, 0) is 5.56 Å². The Morgan fingerprint density at radius 1 is 1.23 bits per heavy atom. The normalized spacial score (nSPS) is 10.2. The van der Waals surface area contributed by atoms with Crippen LogP contribution in [0.3, 0.4) is 0 Å². The SMILES string of the molecule is NCc1ncc(-c2ccccc2)s1. The van der Waals surface area contributed by atoms with Crippen molar-refractivity contribution in [1.29, 1.82) is 0 Å². The highest BCUT2D eigenvalue weighted by atomic mass is 32.1. The van der Waals surface area contributed by atoms with E-state index < -0.39 is 0 Å². The highest BCUT2D eigenvalue weighted by Gasteiger charge is 2.01. The number of aromatic nitrogens is 1. The first-order valence-electron chi connectivity index (χ1n) is 4.10. The van der Waals surface area contributed by atoms with E-state index in [1.807, 2.05) is 24.4 Å². The van der Waals surface area contributed by atoms with Crippen molar-refractivity contribution in [2.24, 2.45) is 5.73 Å². The second-order valence-corrected chi connectivity index (χ2v) is 3.80. The minimum absolute atomic E-state index is 0.525. The monoisotopic (exact) mass is 190 g/mol. The Morgan fingerprint density at radius 3 is 2.62 bits per heavy atom. The van der Waals surface area contributed by atoms with Crippen molar-refractivity contribution in [1.82, 2.24) is 4.98 Å². The lowest BCUT2D eigenvalue weighted by Gasteiger charge is -1.92. The lowest BCUT2D eigenvalue weighted by Crippen LogP contribution is -1.93. The lowest BCUT2D eigenvalue weighted by molar-refractivity contribution is 1.04. The maximum absolute atomic E-state index is 5.49. The van der Waals surface area contributed by atoms with Crippen LogP contribution in [0.1, 0.15) is 5.01 Å². The van der Waals surface area contributed by atoms with Gasteiger partial charge < -0.3 is 5.73 Å². The van der Waals surface area contributed by atoms with Crippen molar-refractivity contribution in [3.8, 4) is 10.4 Å². The smallest absolute Gasteiger partial charge is 0.107 e. The summed E-state index contributed by atoms with van der Waals surface area (Å²) in [6.07, 6.45) is 1.88.